The van der Waals surface area contributed by atoms with Crippen LogP contribution in [0.15, 0.2) is 53.0 Å². The molecule has 0 aliphatic carbocycles. The van der Waals surface area contributed by atoms with Crippen molar-refractivity contribution < 1.29 is 18.7 Å². The molecule has 0 fully saturated rings. The van der Waals surface area contributed by atoms with E-state index < -0.39 is 0 Å². The molecule has 2 aromatic rings. The second-order valence-corrected chi connectivity index (χ2v) is 5.35. The summed E-state index contributed by atoms with van der Waals surface area (Å²) < 4.78 is 23.8. The van der Waals surface area contributed by atoms with Crippen molar-refractivity contribution in [1.82, 2.24) is 0 Å². The molecule has 0 amide bonds. The van der Waals surface area contributed by atoms with Crippen LogP contribution in [0.2, 0.25) is 0 Å². The van der Waals surface area contributed by atoms with Crippen molar-refractivity contribution in [2.75, 3.05) is 6.61 Å². The number of nitrogens with zero attached hydrogens (tertiary/aromatic N) is 1. The second kappa shape index (κ2) is 8.78. The van der Waals surface area contributed by atoms with Crippen LogP contribution in [0.1, 0.15) is 25.0 Å². The normalized spacial score (nSPS) is 11.1. The molecular formula is C20H20FNO3. The summed E-state index contributed by atoms with van der Waals surface area (Å²) in [6.07, 6.45) is 1.69. The third-order valence-corrected chi connectivity index (χ3v) is 3.44. The van der Waals surface area contributed by atoms with E-state index in [1.54, 1.807) is 50.3 Å². The maximum Gasteiger partial charge on any atom is 0.333 e. The number of rotatable bonds is 7. The molecule has 0 saturated heterocycles. The molecule has 2 aromatic carbocycles. The smallest absolute Gasteiger partial charge is 0.333 e. The van der Waals surface area contributed by atoms with Crippen molar-refractivity contribution in [3.63, 3.8) is 0 Å². The van der Waals surface area contributed by atoms with Gasteiger partial charge in [-0.15, -0.1) is 0 Å². The zero-order chi connectivity index (χ0) is 18.2. The average molecular weight is 341 g/mol. The highest BCUT2D eigenvalue weighted by Gasteiger charge is 2.08. The lowest BCUT2D eigenvalue weighted by Gasteiger charge is -2.09. The van der Waals surface area contributed by atoms with Crippen LogP contribution >= 0.6 is 0 Å². The standard InChI is InChI=1S/C20H20FNO3/c1-4-24-20(23)14(2)10-16-8-9-18(12-19(16)22-3)25-13-15-6-5-7-17(21)11-15/h5-12H,3-4,13H2,1-2H3/b14-10+. The van der Waals surface area contributed by atoms with Gasteiger partial charge in [0, 0.05) is 17.2 Å². The van der Waals surface area contributed by atoms with E-state index in [1.165, 1.54) is 12.1 Å². The number of hydrogen-bond acceptors (Lipinski definition) is 4. The Balaban J connectivity index is 2.14. The molecular weight excluding hydrogens is 321 g/mol. The molecule has 0 heterocycles. The monoisotopic (exact) mass is 341 g/mol. The van der Waals surface area contributed by atoms with Gasteiger partial charge in [0.1, 0.15) is 18.2 Å². The molecule has 25 heavy (non-hydrogen) atoms. The van der Waals surface area contributed by atoms with Crippen LogP contribution in [0.5, 0.6) is 5.75 Å². The zero-order valence-electron chi connectivity index (χ0n) is 14.3. The summed E-state index contributed by atoms with van der Waals surface area (Å²) >= 11 is 0. The first-order valence-electron chi connectivity index (χ1n) is 7.87. The Kier molecular flexibility index (Phi) is 6.46. The van der Waals surface area contributed by atoms with Crippen molar-refractivity contribution >= 4 is 24.5 Å². The minimum Gasteiger partial charge on any atom is -0.489 e. The van der Waals surface area contributed by atoms with Gasteiger partial charge in [-0.1, -0.05) is 12.1 Å². The van der Waals surface area contributed by atoms with E-state index in [0.717, 1.165) is 11.1 Å². The number of aliphatic imine (C=N–C) groups is 1. The van der Waals surface area contributed by atoms with Crippen molar-refractivity contribution in [2.45, 2.75) is 20.5 Å². The lowest BCUT2D eigenvalue weighted by molar-refractivity contribution is -0.138. The minimum absolute atomic E-state index is 0.241. The predicted octanol–water partition coefficient (Wildman–Crippen LogP) is 4.70. The summed E-state index contributed by atoms with van der Waals surface area (Å²) in [7, 11) is 0. The molecule has 5 heteroatoms. The van der Waals surface area contributed by atoms with E-state index in [9.17, 15) is 9.18 Å². The number of esters is 1. The van der Waals surface area contributed by atoms with Gasteiger partial charge in [0.2, 0.25) is 0 Å². The summed E-state index contributed by atoms with van der Waals surface area (Å²) in [5.74, 6) is -0.0917. The molecule has 0 bridgehead atoms. The molecule has 0 radical (unpaired) electrons. The van der Waals surface area contributed by atoms with Crippen molar-refractivity contribution in [3.8, 4) is 5.75 Å². The highest BCUT2D eigenvalue weighted by Crippen LogP contribution is 2.27. The van der Waals surface area contributed by atoms with Gasteiger partial charge in [-0.05, 0) is 56.5 Å². The molecule has 0 spiro atoms. The van der Waals surface area contributed by atoms with Crippen LogP contribution in [0.4, 0.5) is 10.1 Å². The molecule has 0 aliphatic rings. The first-order valence-corrected chi connectivity index (χ1v) is 7.87. The maximum atomic E-state index is 13.2. The molecule has 0 atom stereocenters. The first-order chi connectivity index (χ1) is 12.0. The Bertz CT molecular complexity index is 799. The molecule has 0 N–H and O–H groups in total. The van der Waals surface area contributed by atoms with E-state index in [2.05, 4.69) is 11.7 Å². The van der Waals surface area contributed by atoms with Crippen LogP contribution in [0.25, 0.3) is 6.08 Å². The van der Waals surface area contributed by atoms with Crippen molar-refractivity contribution in [1.29, 1.82) is 0 Å². The Labute approximate surface area is 146 Å². The lowest BCUT2D eigenvalue weighted by atomic mass is 10.1. The van der Waals surface area contributed by atoms with Gasteiger partial charge in [0.15, 0.2) is 0 Å². The number of carbonyl (C=O) groups is 1. The van der Waals surface area contributed by atoms with E-state index in [4.69, 9.17) is 9.47 Å². The molecule has 0 aliphatic heterocycles. The van der Waals surface area contributed by atoms with E-state index >= 15 is 0 Å². The summed E-state index contributed by atoms with van der Waals surface area (Å²) in [6.45, 7) is 7.55. The maximum absolute atomic E-state index is 13.2. The number of halogens is 1. The Hall–Kier alpha value is -2.95. The third-order valence-electron chi connectivity index (χ3n) is 3.44. The summed E-state index contributed by atoms with van der Waals surface area (Å²) in [5, 5.41) is 0. The molecule has 0 aromatic heterocycles. The molecule has 2 rings (SSSR count). The van der Waals surface area contributed by atoms with Gasteiger partial charge in [-0.25, -0.2) is 9.18 Å². The van der Waals surface area contributed by atoms with Gasteiger partial charge in [-0.2, -0.15) is 0 Å². The summed E-state index contributed by atoms with van der Waals surface area (Å²) in [5.41, 5.74) is 2.52. The minimum atomic E-state index is -0.371. The largest absolute Gasteiger partial charge is 0.489 e. The van der Waals surface area contributed by atoms with Crippen molar-refractivity contribution in [3.05, 3.63) is 65.0 Å². The lowest BCUT2D eigenvalue weighted by Crippen LogP contribution is -2.04. The van der Waals surface area contributed by atoms with E-state index in [0.29, 0.717) is 23.6 Å². The highest BCUT2D eigenvalue weighted by atomic mass is 19.1. The zero-order valence-corrected chi connectivity index (χ0v) is 14.3. The molecule has 0 unspecified atom stereocenters. The van der Waals surface area contributed by atoms with Crippen LogP contribution < -0.4 is 4.74 Å². The van der Waals surface area contributed by atoms with E-state index in [-0.39, 0.29) is 18.4 Å². The first kappa shape index (κ1) is 18.4. The second-order valence-electron chi connectivity index (χ2n) is 5.35. The highest BCUT2D eigenvalue weighted by molar-refractivity contribution is 5.94. The van der Waals surface area contributed by atoms with Crippen LogP contribution in [0, 0.1) is 5.82 Å². The summed E-state index contributed by atoms with van der Waals surface area (Å²) in [6, 6.07) is 11.5. The summed E-state index contributed by atoms with van der Waals surface area (Å²) in [4.78, 5) is 15.7. The van der Waals surface area contributed by atoms with Gasteiger partial charge in [0.25, 0.3) is 0 Å². The van der Waals surface area contributed by atoms with Gasteiger partial charge in [-0.3, -0.25) is 4.99 Å². The SMILES string of the molecule is C=Nc1cc(OCc2cccc(F)c2)ccc1/C=C(\C)C(=O)OCC. The third kappa shape index (κ3) is 5.28. The predicted molar refractivity (Wildman–Crippen MR) is 96.7 cm³/mol. The van der Waals surface area contributed by atoms with Gasteiger partial charge >= 0.3 is 5.97 Å². The molecule has 0 saturated carbocycles. The average Bonchev–Trinajstić information content (AvgIpc) is 2.61. The Morgan fingerprint density at radius 2 is 2.08 bits per heavy atom. The quantitative estimate of drug-likeness (QED) is 0.416. The molecule has 4 nitrogen and oxygen atoms in total. The number of hydrogen-bond donors (Lipinski definition) is 0. The fourth-order valence-electron chi connectivity index (χ4n) is 2.20. The van der Waals surface area contributed by atoms with E-state index in [1.807, 2.05) is 0 Å². The van der Waals surface area contributed by atoms with Gasteiger partial charge < -0.3 is 9.47 Å². The Morgan fingerprint density at radius 3 is 2.76 bits per heavy atom. The number of carbonyl (C=O) groups excluding carboxylic acids is 1. The fourth-order valence-corrected chi connectivity index (χ4v) is 2.20. The number of ether oxygens (including phenoxy) is 2. The van der Waals surface area contributed by atoms with Crippen LogP contribution in [-0.2, 0) is 16.1 Å². The Morgan fingerprint density at radius 1 is 1.28 bits per heavy atom. The van der Waals surface area contributed by atoms with Crippen LogP contribution in [0.3, 0.4) is 0 Å². The van der Waals surface area contributed by atoms with Gasteiger partial charge in [0.05, 0.1) is 12.3 Å². The van der Waals surface area contributed by atoms with Crippen LogP contribution in [-0.4, -0.2) is 19.3 Å². The van der Waals surface area contributed by atoms with Crippen molar-refractivity contribution in [2.24, 2.45) is 4.99 Å². The number of benzene rings is 2. The molecule has 130 valence electrons. The fraction of sp³-hybridized carbons (Fsp3) is 0.200. The topological polar surface area (TPSA) is 47.9 Å².